The summed E-state index contributed by atoms with van der Waals surface area (Å²) in [5, 5.41) is 0.597. The van der Waals surface area contributed by atoms with Gasteiger partial charge in [0.1, 0.15) is 11.5 Å². The Kier molecular flexibility index (Phi) is 5.41. The fourth-order valence-electron chi connectivity index (χ4n) is 1.66. The van der Waals surface area contributed by atoms with Gasteiger partial charge in [0.25, 0.3) is 0 Å². The van der Waals surface area contributed by atoms with Crippen molar-refractivity contribution in [3.8, 4) is 11.5 Å². The van der Waals surface area contributed by atoms with Gasteiger partial charge >= 0.3 is 5.97 Å². The number of hydrogen-bond acceptors (Lipinski definition) is 3. The van der Waals surface area contributed by atoms with E-state index in [4.69, 9.17) is 21.1 Å². The molecule has 0 aliphatic heterocycles. The second-order valence-electron chi connectivity index (χ2n) is 4.21. The van der Waals surface area contributed by atoms with Crippen molar-refractivity contribution < 1.29 is 14.3 Å². The van der Waals surface area contributed by atoms with Crippen LogP contribution in [0.1, 0.15) is 12.5 Å². The Morgan fingerprint density at radius 3 is 2.29 bits per heavy atom. The van der Waals surface area contributed by atoms with Crippen molar-refractivity contribution in [3.05, 3.63) is 65.2 Å². The molecule has 0 aromatic heterocycles. The minimum Gasteiger partial charge on any atom is -0.494 e. The van der Waals surface area contributed by atoms with Crippen LogP contribution in [0, 0.1) is 0 Å². The number of esters is 1. The van der Waals surface area contributed by atoms with Crippen molar-refractivity contribution in [2.45, 2.75) is 6.92 Å². The van der Waals surface area contributed by atoms with E-state index in [-0.39, 0.29) is 0 Å². The van der Waals surface area contributed by atoms with Crippen LogP contribution in [-0.2, 0) is 4.79 Å². The van der Waals surface area contributed by atoms with Crippen molar-refractivity contribution in [2.24, 2.45) is 0 Å². The van der Waals surface area contributed by atoms with Crippen LogP contribution < -0.4 is 9.47 Å². The van der Waals surface area contributed by atoms with Gasteiger partial charge in [-0.25, -0.2) is 4.79 Å². The van der Waals surface area contributed by atoms with Crippen LogP contribution in [0.2, 0.25) is 5.02 Å². The Morgan fingerprint density at radius 1 is 1.05 bits per heavy atom. The molecule has 0 unspecified atom stereocenters. The van der Waals surface area contributed by atoms with Crippen molar-refractivity contribution in [3.63, 3.8) is 0 Å². The SMILES string of the molecule is CCOc1ccc(C=CC(=O)Oc2ccc(Cl)cc2)cc1. The van der Waals surface area contributed by atoms with E-state index in [0.29, 0.717) is 17.4 Å². The summed E-state index contributed by atoms with van der Waals surface area (Å²) in [5.41, 5.74) is 0.895. The number of halogens is 1. The van der Waals surface area contributed by atoms with E-state index in [0.717, 1.165) is 11.3 Å². The molecule has 0 heterocycles. The Morgan fingerprint density at radius 2 is 1.67 bits per heavy atom. The molecule has 0 saturated heterocycles. The van der Waals surface area contributed by atoms with Gasteiger partial charge in [-0.3, -0.25) is 0 Å². The summed E-state index contributed by atoms with van der Waals surface area (Å²) in [4.78, 5) is 11.7. The van der Waals surface area contributed by atoms with Gasteiger partial charge < -0.3 is 9.47 Å². The maximum absolute atomic E-state index is 11.7. The molecule has 2 rings (SSSR count). The Hall–Kier alpha value is -2.26. The zero-order valence-electron chi connectivity index (χ0n) is 11.6. The standard InChI is InChI=1S/C17H15ClO3/c1-2-20-15-8-3-13(4-9-15)5-12-17(19)21-16-10-6-14(18)7-11-16/h3-12H,2H2,1H3. The molecule has 0 bridgehead atoms. The van der Waals surface area contributed by atoms with Gasteiger partial charge in [0.05, 0.1) is 6.61 Å². The van der Waals surface area contributed by atoms with E-state index in [9.17, 15) is 4.79 Å². The molecule has 0 amide bonds. The van der Waals surface area contributed by atoms with Crippen molar-refractivity contribution in [1.29, 1.82) is 0 Å². The first-order valence-electron chi connectivity index (χ1n) is 6.55. The van der Waals surface area contributed by atoms with Gasteiger partial charge in [-0.15, -0.1) is 0 Å². The largest absolute Gasteiger partial charge is 0.494 e. The number of rotatable bonds is 5. The molecule has 0 aliphatic carbocycles. The van der Waals surface area contributed by atoms with Gasteiger partial charge in [0.15, 0.2) is 0 Å². The highest BCUT2D eigenvalue weighted by Gasteiger charge is 2.00. The van der Waals surface area contributed by atoms with E-state index in [1.54, 1.807) is 30.3 Å². The molecular formula is C17H15ClO3. The fourth-order valence-corrected chi connectivity index (χ4v) is 1.78. The van der Waals surface area contributed by atoms with E-state index in [2.05, 4.69) is 0 Å². The smallest absolute Gasteiger partial charge is 0.336 e. The number of ether oxygens (including phenoxy) is 2. The first-order valence-corrected chi connectivity index (χ1v) is 6.93. The zero-order valence-corrected chi connectivity index (χ0v) is 12.3. The topological polar surface area (TPSA) is 35.5 Å². The molecule has 108 valence electrons. The van der Waals surface area contributed by atoms with Crippen LogP contribution >= 0.6 is 11.6 Å². The van der Waals surface area contributed by atoms with Crippen LogP contribution in [0.25, 0.3) is 6.08 Å². The monoisotopic (exact) mass is 302 g/mol. The summed E-state index contributed by atoms with van der Waals surface area (Å²) in [7, 11) is 0. The fraction of sp³-hybridized carbons (Fsp3) is 0.118. The third-order valence-electron chi connectivity index (χ3n) is 2.64. The van der Waals surface area contributed by atoms with Gasteiger partial charge in [-0.2, -0.15) is 0 Å². The number of hydrogen-bond donors (Lipinski definition) is 0. The quantitative estimate of drug-likeness (QED) is 0.468. The minimum atomic E-state index is -0.439. The predicted octanol–water partition coefficient (Wildman–Crippen LogP) is 4.36. The molecule has 0 radical (unpaired) electrons. The lowest BCUT2D eigenvalue weighted by molar-refractivity contribution is -0.128. The molecule has 0 aliphatic rings. The molecule has 2 aromatic carbocycles. The van der Waals surface area contributed by atoms with Crippen LogP contribution in [0.3, 0.4) is 0 Å². The summed E-state index contributed by atoms with van der Waals surface area (Å²) in [6.07, 6.45) is 3.07. The first-order chi connectivity index (χ1) is 10.2. The predicted molar refractivity (Wildman–Crippen MR) is 83.7 cm³/mol. The van der Waals surface area contributed by atoms with E-state index in [1.165, 1.54) is 6.08 Å². The molecular weight excluding hydrogens is 288 g/mol. The Bertz CT molecular complexity index is 615. The van der Waals surface area contributed by atoms with Crippen LogP contribution in [-0.4, -0.2) is 12.6 Å². The summed E-state index contributed by atoms with van der Waals surface area (Å²) in [6, 6.07) is 14.1. The van der Waals surface area contributed by atoms with Crippen molar-refractivity contribution in [1.82, 2.24) is 0 Å². The first kappa shape index (κ1) is 15.1. The highest BCUT2D eigenvalue weighted by molar-refractivity contribution is 6.30. The number of carbonyl (C=O) groups is 1. The minimum absolute atomic E-state index is 0.439. The van der Waals surface area contributed by atoms with Crippen LogP contribution in [0.15, 0.2) is 54.6 Å². The second kappa shape index (κ2) is 7.50. The maximum atomic E-state index is 11.7. The summed E-state index contributed by atoms with van der Waals surface area (Å²) in [5.74, 6) is 0.824. The highest BCUT2D eigenvalue weighted by Crippen LogP contribution is 2.16. The van der Waals surface area contributed by atoms with E-state index in [1.807, 2.05) is 31.2 Å². The third kappa shape index (κ3) is 4.97. The Balaban J connectivity index is 1.93. The Labute approximate surface area is 128 Å². The second-order valence-corrected chi connectivity index (χ2v) is 4.65. The van der Waals surface area contributed by atoms with E-state index >= 15 is 0 Å². The average Bonchev–Trinajstić information content (AvgIpc) is 2.49. The molecule has 0 atom stereocenters. The van der Waals surface area contributed by atoms with Crippen molar-refractivity contribution >= 4 is 23.6 Å². The lowest BCUT2D eigenvalue weighted by Crippen LogP contribution is -2.03. The molecule has 0 fully saturated rings. The normalized spacial score (nSPS) is 10.6. The molecule has 3 nitrogen and oxygen atoms in total. The summed E-state index contributed by atoms with van der Waals surface area (Å²) >= 11 is 5.76. The van der Waals surface area contributed by atoms with Gasteiger partial charge in [0.2, 0.25) is 0 Å². The van der Waals surface area contributed by atoms with Gasteiger partial charge in [-0.1, -0.05) is 23.7 Å². The number of carbonyl (C=O) groups excluding carboxylic acids is 1. The van der Waals surface area contributed by atoms with E-state index < -0.39 is 5.97 Å². The molecule has 4 heteroatoms. The molecule has 0 N–H and O–H groups in total. The van der Waals surface area contributed by atoms with Crippen molar-refractivity contribution in [2.75, 3.05) is 6.61 Å². The van der Waals surface area contributed by atoms with Gasteiger partial charge in [0, 0.05) is 11.1 Å². The zero-order chi connectivity index (χ0) is 15.1. The summed E-state index contributed by atoms with van der Waals surface area (Å²) < 4.78 is 10.5. The van der Waals surface area contributed by atoms with Crippen LogP contribution in [0.5, 0.6) is 11.5 Å². The average molecular weight is 303 g/mol. The van der Waals surface area contributed by atoms with Gasteiger partial charge in [-0.05, 0) is 55.0 Å². The lowest BCUT2D eigenvalue weighted by atomic mass is 10.2. The molecule has 21 heavy (non-hydrogen) atoms. The maximum Gasteiger partial charge on any atom is 0.336 e. The van der Waals surface area contributed by atoms with Crippen LogP contribution in [0.4, 0.5) is 0 Å². The lowest BCUT2D eigenvalue weighted by Gasteiger charge is -2.02. The summed E-state index contributed by atoms with van der Waals surface area (Å²) in [6.45, 7) is 2.56. The molecule has 0 saturated carbocycles. The highest BCUT2D eigenvalue weighted by atomic mass is 35.5. The molecule has 0 spiro atoms. The number of benzene rings is 2. The third-order valence-corrected chi connectivity index (χ3v) is 2.89. The molecule has 2 aromatic rings.